The van der Waals surface area contributed by atoms with Gasteiger partial charge in [-0.05, 0) is 41.6 Å². The van der Waals surface area contributed by atoms with Crippen molar-refractivity contribution in [2.24, 2.45) is 0 Å². The Morgan fingerprint density at radius 3 is 2.81 bits per heavy atom. The second-order valence-electron chi connectivity index (χ2n) is 5.97. The Morgan fingerprint density at radius 1 is 1.37 bits per heavy atom. The van der Waals surface area contributed by atoms with E-state index in [4.69, 9.17) is 0 Å². The summed E-state index contributed by atoms with van der Waals surface area (Å²) in [4.78, 5) is 37.4. The number of nitrogens with zero attached hydrogens (tertiary/aromatic N) is 1. The number of sulfone groups is 1. The Labute approximate surface area is 159 Å². The number of imide groups is 1. The smallest absolute Gasteiger partial charge is 0.293 e. The highest BCUT2D eigenvalue weighted by Crippen LogP contribution is 2.32. The zero-order valence-corrected chi connectivity index (χ0v) is 15.6. The lowest BCUT2D eigenvalue weighted by molar-refractivity contribution is -0.124. The van der Waals surface area contributed by atoms with Crippen LogP contribution < -0.4 is 5.32 Å². The molecule has 3 rings (SSSR count). The van der Waals surface area contributed by atoms with Gasteiger partial charge in [0.2, 0.25) is 5.91 Å². The number of halogens is 1. The Morgan fingerprint density at radius 2 is 2.15 bits per heavy atom. The molecule has 0 radical (unpaired) electrons. The van der Waals surface area contributed by atoms with Gasteiger partial charge in [-0.25, -0.2) is 12.8 Å². The molecule has 10 heteroatoms. The molecule has 0 saturated carbocycles. The van der Waals surface area contributed by atoms with Gasteiger partial charge in [0.25, 0.3) is 11.1 Å². The molecule has 2 aliphatic rings. The average molecular weight is 410 g/mol. The van der Waals surface area contributed by atoms with E-state index in [2.05, 4.69) is 5.32 Å². The molecule has 0 spiro atoms. The van der Waals surface area contributed by atoms with Crippen LogP contribution in [-0.4, -0.2) is 48.7 Å². The van der Waals surface area contributed by atoms with Gasteiger partial charge in [0.15, 0.2) is 9.84 Å². The van der Waals surface area contributed by atoms with Crippen molar-refractivity contribution in [3.63, 3.8) is 0 Å². The van der Waals surface area contributed by atoms with Gasteiger partial charge in [-0.1, -0.05) is 12.1 Å². The molecule has 27 heavy (non-hydrogen) atoms. The first-order valence-electron chi connectivity index (χ1n) is 7.95. The molecule has 142 valence electrons. The zero-order chi connectivity index (χ0) is 19.6. The minimum absolute atomic E-state index is 0.125. The number of rotatable bonds is 5. The highest BCUT2D eigenvalue weighted by molar-refractivity contribution is 8.18. The second kappa shape index (κ2) is 7.65. The number of carbonyl (C=O) groups is 3. The summed E-state index contributed by atoms with van der Waals surface area (Å²) in [7, 11) is -3.28. The average Bonchev–Trinajstić information content (AvgIpc) is 3.05. The predicted octanol–water partition coefficient (Wildman–Crippen LogP) is 1.68. The van der Waals surface area contributed by atoms with Crippen LogP contribution in [0, 0.1) is 5.82 Å². The Kier molecular flexibility index (Phi) is 5.47. The summed E-state index contributed by atoms with van der Waals surface area (Å²) in [6, 6.07) is 5.00. The molecule has 1 aromatic carbocycles. The molecule has 3 amide bonds. The third-order valence-corrected chi connectivity index (χ3v) is 6.16. The molecular weight excluding hydrogens is 395 g/mol. The quantitative estimate of drug-likeness (QED) is 0.742. The summed E-state index contributed by atoms with van der Waals surface area (Å²) in [5.74, 6) is -1.67. The fraction of sp³-hybridized carbons (Fsp3) is 0.235. The van der Waals surface area contributed by atoms with Gasteiger partial charge in [-0.3, -0.25) is 19.3 Å². The van der Waals surface area contributed by atoms with Crippen LogP contribution in [0.3, 0.4) is 0 Å². The lowest BCUT2D eigenvalue weighted by Gasteiger charge is -2.14. The van der Waals surface area contributed by atoms with E-state index in [0.717, 1.165) is 22.1 Å². The third kappa shape index (κ3) is 4.83. The van der Waals surface area contributed by atoms with Crippen molar-refractivity contribution < 1.29 is 27.2 Å². The minimum atomic E-state index is -3.28. The van der Waals surface area contributed by atoms with Crippen LogP contribution >= 0.6 is 11.8 Å². The molecule has 1 N–H and O–H groups in total. The molecule has 1 fully saturated rings. The van der Waals surface area contributed by atoms with E-state index < -0.39 is 38.7 Å². The maximum Gasteiger partial charge on any atom is 0.293 e. The number of amides is 3. The van der Waals surface area contributed by atoms with E-state index >= 15 is 0 Å². The van der Waals surface area contributed by atoms with Crippen molar-refractivity contribution in [3.8, 4) is 0 Å². The maximum absolute atomic E-state index is 13.2. The van der Waals surface area contributed by atoms with Crippen molar-refractivity contribution >= 4 is 44.7 Å². The number of hydrogen-bond donors (Lipinski definition) is 1. The number of carbonyl (C=O) groups excluding carboxylic acids is 3. The molecule has 0 aliphatic carbocycles. The summed E-state index contributed by atoms with van der Waals surface area (Å²) in [5, 5.41) is 3.06. The van der Waals surface area contributed by atoms with E-state index in [-0.39, 0.29) is 23.6 Å². The first-order valence-corrected chi connectivity index (χ1v) is 10.5. The molecule has 2 aliphatic heterocycles. The highest BCUT2D eigenvalue weighted by Gasteiger charge is 2.35. The number of hydrogen-bond acceptors (Lipinski definition) is 6. The van der Waals surface area contributed by atoms with E-state index in [1.807, 2.05) is 0 Å². The third-order valence-electron chi connectivity index (χ3n) is 3.86. The number of nitrogens with one attached hydrogen (secondary N) is 1. The largest absolute Gasteiger partial charge is 0.349 e. The van der Waals surface area contributed by atoms with Crippen molar-refractivity contribution in [3.05, 3.63) is 52.0 Å². The fourth-order valence-corrected chi connectivity index (χ4v) is 4.70. The van der Waals surface area contributed by atoms with Gasteiger partial charge >= 0.3 is 0 Å². The van der Waals surface area contributed by atoms with Crippen molar-refractivity contribution in [2.45, 2.75) is 12.5 Å². The molecule has 2 heterocycles. The van der Waals surface area contributed by atoms with Gasteiger partial charge in [0, 0.05) is 18.4 Å². The van der Waals surface area contributed by atoms with Crippen LogP contribution in [0.15, 0.2) is 40.7 Å². The van der Waals surface area contributed by atoms with Gasteiger partial charge in [-0.2, -0.15) is 0 Å². The van der Waals surface area contributed by atoms with Crippen molar-refractivity contribution in [2.75, 3.05) is 12.3 Å². The first kappa shape index (κ1) is 19.3. The monoisotopic (exact) mass is 410 g/mol. The van der Waals surface area contributed by atoms with Crippen LogP contribution in [0.4, 0.5) is 9.18 Å². The van der Waals surface area contributed by atoms with Gasteiger partial charge in [0.1, 0.15) is 5.82 Å². The second-order valence-corrected chi connectivity index (χ2v) is 8.89. The Hall–Kier alpha value is -2.46. The SMILES string of the molecule is O=C(CCN1C(=O)S/C(=C\c2cccc(F)c2)C1=O)NC1C=CS(=O)(=O)C1. The molecule has 1 saturated heterocycles. The fourth-order valence-electron chi connectivity index (χ4n) is 2.60. The van der Waals surface area contributed by atoms with Crippen LogP contribution in [0.2, 0.25) is 0 Å². The zero-order valence-electron chi connectivity index (χ0n) is 13.9. The number of benzene rings is 1. The van der Waals surface area contributed by atoms with E-state index in [0.29, 0.717) is 5.56 Å². The predicted molar refractivity (Wildman–Crippen MR) is 98.6 cm³/mol. The normalized spacial score (nSPS) is 22.6. The molecule has 1 unspecified atom stereocenters. The van der Waals surface area contributed by atoms with Crippen LogP contribution in [0.25, 0.3) is 6.08 Å². The van der Waals surface area contributed by atoms with Crippen LogP contribution in [0.5, 0.6) is 0 Å². The lowest BCUT2D eigenvalue weighted by Crippen LogP contribution is -2.38. The highest BCUT2D eigenvalue weighted by atomic mass is 32.2. The Bertz CT molecular complexity index is 971. The lowest BCUT2D eigenvalue weighted by atomic mass is 10.2. The van der Waals surface area contributed by atoms with Crippen LogP contribution in [-0.2, 0) is 19.4 Å². The molecule has 7 nitrogen and oxygen atoms in total. The standard InChI is InChI=1S/C17H15FN2O5S2/c18-12-3-1-2-11(8-12)9-14-16(22)20(17(23)26-14)6-4-15(21)19-13-5-7-27(24,25)10-13/h1-3,5,7-9,13H,4,6,10H2,(H,19,21)/b14-9-. The van der Waals surface area contributed by atoms with E-state index in [1.54, 1.807) is 6.07 Å². The first-order chi connectivity index (χ1) is 12.7. The van der Waals surface area contributed by atoms with E-state index in [1.165, 1.54) is 30.4 Å². The minimum Gasteiger partial charge on any atom is -0.349 e. The molecular formula is C17H15FN2O5S2. The van der Waals surface area contributed by atoms with Gasteiger partial charge in [0.05, 0.1) is 16.7 Å². The summed E-state index contributed by atoms with van der Waals surface area (Å²) >= 11 is 0.721. The van der Waals surface area contributed by atoms with Crippen molar-refractivity contribution in [1.29, 1.82) is 0 Å². The molecule has 0 bridgehead atoms. The van der Waals surface area contributed by atoms with Crippen molar-refractivity contribution in [1.82, 2.24) is 10.2 Å². The molecule has 1 aromatic rings. The molecule has 0 aromatic heterocycles. The van der Waals surface area contributed by atoms with E-state index in [9.17, 15) is 27.2 Å². The van der Waals surface area contributed by atoms with Crippen LogP contribution in [0.1, 0.15) is 12.0 Å². The molecule has 1 atom stereocenters. The summed E-state index contributed by atoms with van der Waals surface area (Å²) in [5.41, 5.74) is 0.451. The van der Waals surface area contributed by atoms with Gasteiger partial charge < -0.3 is 5.32 Å². The summed E-state index contributed by atoms with van der Waals surface area (Å²) < 4.78 is 35.9. The van der Waals surface area contributed by atoms with Gasteiger partial charge in [-0.15, -0.1) is 0 Å². The topological polar surface area (TPSA) is 101 Å². The number of thioether (sulfide) groups is 1. The Balaban J connectivity index is 1.58. The maximum atomic E-state index is 13.2. The summed E-state index contributed by atoms with van der Waals surface area (Å²) in [6.07, 6.45) is 2.66. The summed E-state index contributed by atoms with van der Waals surface area (Å²) in [6.45, 7) is -0.125.